The lowest BCUT2D eigenvalue weighted by Gasteiger charge is -2.02. The van der Waals surface area contributed by atoms with Gasteiger partial charge in [-0.3, -0.25) is 4.79 Å². The first-order chi connectivity index (χ1) is 9.36. The smallest absolute Gasteiger partial charge is 0.270 e. The van der Waals surface area contributed by atoms with E-state index in [0.717, 1.165) is 11.3 Å². The summed E-state index contributed by atoms with van der Waals surface area (Å²) in [6.45, 7) is 0.195. The molecule has 0 aliphatic carbocycles. The van der Waals surface area contributed by atoms with Gasteiger partial charge in [0.05, 0.1) is 11.6 Å². The Labute approximate surface area is 129 Å². The summed E-state index contributed by atoms with van der Waals surface area (Å²) < 4.78 is 22.3. The summed E-state index contributed by atoms with van der Waals surface area (Å²) in [4.78, 5) is 16.3. The highest BCUT2D eigenvalue weighted by Crippen LogP contribution is 2.24. The first-order valence-corrected chi connectivity index (χ1v) is 8.80. The number of nitrogens with zero attached hydrogens (tertiary/aromatic N) is 1. The highest BCUT2D eigenvalue weighted by atomic mass is 35.7. The molecule has 0 aliphatic rings. The Kier molecular flexibility index (Phi) is 4.64. The van der Waals surface area contributed by atoms with Crippen molar-refractivity contribution in [3.05, 3.63) is 46.1 Å². The Morgan fingerprint density at radius 2 is 2.05 bits per heavy atom. The van der Waals surface area contributed by atoms with Crippen molar-refractivity contribution in [3.8, 4) is 0 Å². The fourth-order valence-electron chi connectivity index (χ4n) is 1.35. The van der Waals surface area contributed by atoms with Crippen LogP contribution < -0.4 is 5.32 Å². The van der Waals surface area contributed by atoms with Crippen molar-refractivity contribution in [1.29, 1.82) is 0 Å². The van der Waals surface area contributed by atoms with Gasteiger partial charge in [-0.25, -0.2) is 13.4 Å². The van der Waals surface area contributed by atoms with E-state index in [2.05, 4.69) is 10.3 Å². The third-order valence-electron chi connectivity index (χ3n) is 2.26. The van der Waals surface area contributed by atoms with Gasteiger partial charge in [-0.15, -0.1) is 11.3 Å². The Hall–Kier alpha value is -1.15. The summed E-state index contributed by atoms with van der Waals surface area (Å²) in [6, 6.07) is 6.05. The van der Waals surface area contributed by atoms with E-state index in [4.69, 9.17) is 22.3 Å². The topological polar surface area (TPSA) is 76.1 Å². The molecule has 0 saturated heterocycles. The SMILES string of the molecule is O=C(NCc1ccc(S(=O)(=O)Cl)s1)c1ccc(Cl)cn1. The number of hydrogen-bond acceptors (Lipinski definition) is 5. The van der Waals surface area contributed by atoms with Crippen LogP contribution in [-0.2, 0) is 15.6 Å². The minimum atomic E-state index is -3.73. The van der Waals surface area contributed by atoms with Crippen LogP contribution in [0.5, 0.6) is 0 Å². The van der Waals surface area contributed by atoms with Gasteiger partial charge in [-0.05, 0) is 24.3 Å². The normalized spacial score (nSPS) is 11.3. The van der Waals surface area contributed by atoms with Crippen LogP contribution in [0, 0.1) is 0 Å². The van der Waals surface area contributed by atoms with Gasteiger partial charge in [0.15, 0.2) is 0 Å². The molecule has 5 nitrogen and oxygen atoms in total. The zero-order valence-corrected chi connectivity index (χ0v) is 13.0. The molecule has 2 heterocycles. The molecule has 2 aromatic rings. The maximum atomic E-state index is 11.8. The van der Waals surface area contributed by atoms with E-state index in [1.165, 1.54) is 18.3 Å². The van der Waals surface area contributed by atoms with Crippen LogP contribution in [0.15, 0.2) is 34.7 Å². The average molecular weight is 351 g/mol. The summed E-state index contributed by atoms with van der Waals surface area (Å²) in [7, 11) is 1.49. The second-order valence-corrected chi connectivity index (χ2v) is 8.10. The molecular formula is C11H8Cl2N2O3S2. The Morgan fingerprint density at radius 1 is 1.30 bits per heavy atom. The van der Waals surface area contributed by atoms with Crippen molar-refractivity contribution in [1.82, 2.24) is 10.3 Å². The van der Waals surface area contributed by atoms with E-state index in [-0.39, 0.29) is 22.4 Å². The van der Waals surface area contributed by atoms with Crippen LogP contribution in [0.2, 0.25) is 5.02 Å². The standard InChI is InChI=1S/C11H8Cl2N2O3S2/c12-7-1-3-9(14-5-7)11(16)15-6-8-2-4-10(19-8)20(13,17)18/h1-5H,6H2,(H,15,16). The zero-order valence-electron chi connectivity index (χ0n) is 9.84. The highest BCUT2D eigenvalue weighted by Gasteiger charge is 2.14. The van der Waals surface area contributed by atoms with Crippen molar-refractivity contribution in [2.75, 3.05) is 0 Å². The Morgan fingerprint density at radius 3 is 2.60 bits per heavy atom. The monoisotopic (exact) mass is 350 g/mol. The summed E-state index contributed by atoms with van der Waals surface area (Å²) in [5.41, 5.74) is 0.233. The zero-order chi connectivity index (χ0) is 14.8. The second kappa shape index (κ2) is 6.09. The molecule has 106 valence electrons. The largest absolute Gasteiger partial charge is 0.346 e. The number of pyridine rings is 1. The number of rotatable bonds is 4. The number of nitrogens with one attached hydrogen (secondary N) is 1. The molecule has 9 heteroatoms. The Bertz CT molecular complexity index is 726. The molecule has 1 amide bonds. The van der Waals surface area contributed by atoms with E-state index in [1.807, 2.05) is 0 Å². The summed E-state index contributed by atoms with van der Waals surface area (Å²) >= 11 is 6.68. The molecule has 0 radical (unpaired) electrons. The van der Waals surface area contributed by atoms with Crippen molar-refractivity contribution in [3.63, 3.8) is 0 Å². The van der Waals surface area contributed by atoms with Gasteiger partial charge < -0.3 is 5.32 Å². The first kappa shape index (κ1) is 15.2. The molecule has 0 spiro atoms. The molecule has 0 fully saturated rings. The van der Waals surface area contributed by atoms with E-state index in [9.17, 15) is 13.2 Å². The lowest BCUT2D eigenvalue weighted by atomic mass is 10.3. The maximum Gasteiger partial charge on any atom is 0.270 e. The van der Waals surface area contributed by atoms with Crippen LogP contribution in [0.25, 0.3) is 0 Å². The minimum absolute atomic E-state index is 0.0491. The molecule has 0 unspecified atom stereocenters. The van der Waals surface area contributed by atoms with Crippen molar-refractivity contribution in [2.45, 2.75) is 10.8 Å². The molecule has 0 saturated carbocycles. The maximum absolute atomic E-state index is 11.8. The van der Waals surface area contributed by atoms with E-state index in [1.54, 1.807) is 12.1 Å². The highest BCUT2D eigenvalue weighted by molar-refractivity contribution is 8.15. The van der Waals surface area contributed by atoms with E-state index in [0.29, 0.717) is 9.90 Å². The van der Waals surface area contributed by atoms with Crippen molar-refractivity contribution >= 4 is 48.6 Å². The van der Waals surface area contributed by atoms with Crippen LogP contribution in [0.3, 0.4) is 0 Å². The second-order valence-electron chi connectivity index (χ2n) is 3.70. The number of thiophene rings is 1. The number of amides is 1. The van der Waals surface area contributed by atoms with Gasteiger partial charge in [0.2, 0.25) is 0 Å². The predicted octanol–water partition coefficient (Wildman–Crippen LogP) is 2.65. The third-order valence-corrected chi connectivity index (χ3v) is 5.66. The Balaban J connectivity index is 2.00. The molecule has 2 rings (SSSR count). The van der Waals surface area contributed by atoms with Crippen LogP contribution in [-0.4, -0.2) is 19.3 Å². The molecule has 0 bridgehead atoms. The van der Waals surface area contributed by atoms with Gasteiger partial charge in [0.1, 0.15) is 9.90 Å². The lowest BCUT2D eigenvalue weighted by molar-refractivity contribution is 0.0946. The average Bonchev–Trinajstić information content (AvgIpc) is 2.85. The van der Waals surface area contributed by atoms with Crippen molar-refractivity contribution < 1.29 is 13.2 Å². The molecule has 0 atom stereocenters. The van der Waals surface area contributed by atoms with Crippen LogP contribution in [0.1, 0.15) is 15.4 Å². The summed E-state index contributed by atoms with van der Waals surface area (Å²) in [5.74, 6) is -0.370. The molecule has 20 heavy (non-hydrogen) atoms. The van der Waals surface area contributed by atoms with Gasteiger partial charge in [-0.1, -0.05) is 11.6 Å². The summed E-state index contributed by atoms with van der Waals surface area (Å²) in [5, 5.41) is 3.07. The predicted molar refractivity (Wildman–Crippen MR) is 77.8 cm³/mol. The van der Waals surface area contributed by atoms with Crippen LogP contribution in [0.4, 0.5) is 0 Å². The first-order valence-electron chi connectivity index (χ1n) is 5.29. The molecule has 0 aromatic carbocycles. The lowest BCUT2D eigenvalue weighted by Crippen LogP contribution is -2.23. The van der Waals surface area contributed by atoms with E-state index >= 15 is 0 Å². The number of carbonyl (C=O) groups is 1. The minimum Gasteiger partial charge on any atom is -0.346 e. The fraction of sp³-hybridized carbons (Fsp3) is 0.0909. The van der Waals surface area contributed by atoms with Gasteiger partial charge in [0.25, 0.3) is 15.0 Å². The van der Waals surface area contributed by atoms with Crippen molar-refractivity contribution in [2.24, 2.45) is 0 Å². The molecule has 0 aliphatic heterocycles. The number of halogens is 2. The fourth-order valence-corrected chi connectivity index (χ4v) is 3.53. The van der Waals surface area contributed by atoms with Gasteiger partial charge >= 0.3 is 0 Å². The number of hydrogen-bond donors (Lipinski definition) is 1. The molecule has 2 aromatic heterocycles. The van der Waals surface area contributed by atoms with Gasteiger partial charge in [0, 0.05) is 21.8 Å². The van der Waals surface area contributed by atoms with E-state index < -0.39 is 9.05 Å². The quantitative estimate of drug-likeness (QED) is 0.860. The number of carbonyl (C=O) groups excluding carboxylic acids is 1. The number of aromatic nitrogens is 1. The third kappa shape index (κ3) is 3.92. The van der Waals surface area contributed by atoms with Crippen LogP contribution >= 0.6 is 33.6 Å². The molecule has 1 N–H and O–H groups in total. The molecular weight excluding hydrogens is 343 g/mol. The van der Waals surface area contributed by atoms with Gasteiger partial charge in [-0.2, -0.15) is 0 Å². The summed E-state index contributed by atoms with van der Waals surface area (Å²) in [6.07, 6.45) is 1.37.